The lowest BCUT2D eigenvalue weighted by Crippen LogP contribution is -2.39. The van der Waals surface area contributed by atoms with Crippen molar-refractivity contribution in [3.63, 3.8) is 0 Å². The zero-order chi connectivity index (χ0) is 28.4. The molecule has 0 aliphatic carbocycles. The number of fused-ring (bicyclic) bond motifs is 1. The fourth-order valence-electron chi connectivity index (χ4n) is 4.78. The van der Waals surface area contributed by atoms with Crippen LogP contribution in [0.5, 0.6) is 0 Å². The van der Waals surface area contributed by atoms with Gasteiger partial charge in [0.1, 0.15) is 17.4 Å². The molecule has 39 heavy (non-hydrogen) atoms. The van der Waals surface area contributed by atoms with Crippen LogP contribution in [0.25, 0.3) is 22.4 Å². The van der Waals surface area contributed by atoms with E-state index in [1.807, 2.05) is 6.92 Å². The molecule has 0 radical (unpaired) electrons. The average Bonchev–Trinajstić information content (AvgIpc) is 3.28. The van der Waals surface area contributed by atoms with E-state index in [2.05, 4.69) is 10.3 Å². The van der Waals surface area contributed by atoms with Crippen molar-refractivity contribution in [2.75, 3.05) is 43.0 Å². The first-order chi connectivity index (χ1) is 18.5. The fraction of sp³-hybridized carbons (Fsp3) is 0.462. The highest BCUT2D eigenvalue weighted by atomic mass is 32.2. The second-order valence-electron chi connectivity index (χ2n) is 9.53. The Labute approximate surface area is 228 Å². The molecule has 1 amide bonds. The van der Waals surface area contributed by atoms with Crippen LogP contribution in [-0.4, -0.2) is 70.7 Å². The number of piperidine rings is 1. The Morgan fingerprint density at radius 2 is 1.79 bits per heavy atom. The highest BCUT2D eigenvalue weighted by molar-refractivity contribution is 7.92. The molecule has 0 atom stereocenters. The van der Waals surface area contributed by atoms with Crippen molar-refractivity contribution in [3.8, 4) is 11.3 Å². The zero-order valence-electron chi connectivity index (χ0n) is 22.2. The van der Waals surface area contributed by atoms with Crippen molar-refractivity contribution in [1.82, 2.24) is 14.6 Å². The van der Waals surface area contributed by atoms with Gasteiger partial charge in [-0.2, -0.15) is 4.98 Å². The summed E-state index contributed by atoms with van der Waals surface area (Å²) in [4.78, 5) is 17.4. The molecule has 3 heterocycles. The van der Waals surface area contributed by atoms with Crippen molar-refractivity contribution in [2.24, 2.45) is 0 Å². The maximum Gasteiger partial charge on any atom is 0.255 e. The minimum atomic E-state index is -3.84. The summed E-state index contributed by atoms with van der Waals surface area (Å²) in [5, 5.41) is 2.97. The molecule has 1 saturated heterocycles. The van der Waals surface area contributed by atoms with Gasteiger partial charge in [0, 0.05) is 32.2 Å². The number of hydrogen-bond acceptors (Lipinski definition) is 7. The summed E-state index contributed by atoms with van der Waals surface area (Å²) in [5.41, 5.74) is 1.24. The summed E-state index contributed by atoms with van der Waals surface area (Å²) in [7, 11) is -5.87. The van der Waals surface area contributed by atoms with E-state index in [1.165, 1.54) is 35.6 Å². The van der Waals surface area contributed by atoms with E-state index in [0.29, 0.717) is 36.0 Å². The Morgan fingerprint density at radius 1 is 1.13 bits per heavy atom. The van der Waals surface area contributed by atoms with E-state index in [0.717, 1.165) is 29.8 Å². The topological polar surface area (TPSA) is 130 Å². The summed E-state index contributed by atoms with van der Waals surface area (Å²) in [6, 6.07) is 7.12. The number of benzene rings is 1. The van der Waals surface area contributed by atoms with Gasteiger partial charge in [0.2, 0.25) is 25.8 Å². The second-order valence-corrected chi connectivity index (χ2v) is 13.5. The van der Waals surface area contributed by atoms with E-state index in [-0.39, 0.29) is 41.6 Å². The molecule has 1 aliphatic rings. The Hall–Kier alpha value is -3.03. The SMILES string of the molecule is CCc1cc2c(C(=O)NC)c(-c3ccc(F)cc3)oc2nc1N(CCCS(=O)(=O)N1CCCCC1)S(C)(=O)=O. The molecule has 2 aromatic heterocycles. The number of nitrogens with one attached hydrogen (secondary N) is 1. The molecule has 1 aromatic carbocycles. The number of halogens is 1. The number of aryl methyl sites for hydroxylation is 1. The van der Waals surface area contributed by atoms with Crippen molar-refractivity contribution >= 4 is 42.9 Å². The molecule has 0 bridgehead atoms. The van der Waals surface area contributed by atoms with E-state index in [1.54, 1.807) is 6.07 Å². The molecule has 10 nitrogen and oxygen atoms in total. The van der Waals surface area contributed by atoms with Crippen molar-refractivity contribution < 1.29 is 30.4 Å². The molecular formula is C26H33FN4O6S2. The van der Waals surface area contributed by atoms with Gasteiger partial charge in [-0.05, 0) is 61.6 Å². The van der Waals surface area contributed by atoms with Gasteiger partial charge in [0.15, 0.2) is 0 Å². The summed E-state index contributed by atoms with van der Waals surface area (Å²) < 4.78 is 73.4. The van der Waals surface area contributed by atoms with Crippen molar-refractivity contribution in [1.29, 1.82) is 0 Å². The van der Waals surface area contributed by atoms with E-state index >= 15 is 0 Å². The minimum Gasteiger partial charge on any atom is -0.437 e. The fourth-order valence-corrected chi connectivity index (χ4v) is 7.28. The molecule has 212 valence electrons. The third-order valence-corrected chi connectivity index (χ3v) is 9.90. The van der Waals surface area contributed by atoms with E-state index in [4.69, 9.17) is 4.42 Å². The van der Waals surface area contributed by atoms with Crippen LogP contribution >= 0.6 is 0 Å². The Balaban J connectivity index is 1.74. The van der Waals surface area contributed by atoms with E-state index in [9.17, 15) is 26.0 Å². The normalized spacial score (nSPS) is 15.0. The predicted molar refractivity (Wildman–Crippen MR) is 148 cm³/mol. The lowest BCUT2D eigenvalue weighted by molar-refractivity contribution is 0.0964. The number of pyridine rings is 1. The van der Waals surface area contributed by atoms with Crippen LogP contribution in [0.3, 0.4) is 0 Å². The molecule has 3 aromatic rings. The Bertz CT molecular complexity index is 1560. The highest BCUT2D eigenvalue weighted by Crippen LogP contribution is 2.36. The quantitative estimate of drug-likeness (QED) is 0.388. The third kappa shape index (κ3) is 6.25. The van der Waals surface area contributed by atoms with Crippen LogP contribution < -0.4 is 9.62 Å². The van der Waals surface area contributed by atoms with Crippen LogP contribution in [0.1, 0.15) is 48.5 Å². The largest absolute Gasteiger partial charge is 0.437 e. The molecular weight excluding hydrogens is 547 g/mol. The maximum atomic E-state index is 13.5. The average molecular weight is 581 g/mol. The van der Waals surface area contributed by atoms with Crippen molar-refractivity contribution in [2.45, 2.75) is 39.0 Å². The van der Waals surface area contributed by atoms with Crippen LogP contribution in [0.15, 0.2) is 34.7 Å². The number of nitrogens with zero attached hydrogens (tertiary/aromatic N) is 3. The number of rotatable bonds is 10. The van der Waals surface area contributed by atoms with E-state index < -0.39 is 31.8 Å². The molecule has 1 fully saturated rings. The predicted octanol–water partition coefficient (Wildman–Crippen LogP) is 3.53. The van der Waals surface area contributed by atoms with Crippen LogP contribution in [-0.2, 0) is 26.5 Å². The first kappa shape index (κ1) is 29.0. The molecule has 1 aliphatic heterocycles. The minimum absolute atomic E-state index is 0.0368. The summed E-state index contributed by atoms with van der Waals surface area (Å²) in [5.74, 6) is -0.775. The number of amides is 1. The number of hydrogen-bond donors (Lipinski definition) is 1. The van der Waals surface area contributed by atoms with Gasteiger partial charge in [0.25, 0.3) is 5.91 Å². The van der Waals surface area contributed by atoms with Gasteiger partial charge < -0.3 is 9.73 Å². The third-order valence-electron chi connectivity index (χ3n) is 6.79. The highest BCUT2D eigenvalue weighted by Gasteiger charge is 2.29. The Morgan fingerprint density at radius 3 is 2.38 bits per heavy atom. The van der Waals surface area contributed by atoms with Gasteiger partial charge in [-0.15, -0.1) is 0 Å². The lowest BCUT2D eigenvalue weighted by atomic mass is 10.0. The number of anilines is 1. The smallest absolute Gasteiger partial charge is 0.255 e. The first-order valence-corrected chi connectivity index (χ1v) is 16.3. The lowest BCUT2D eigenvalue weighted by Gasteiger charge is -2.27. The standard InChI is InChI=1S/C26H33FN4O6S2/c1-4-18-17-21-22(25(32)28-2)23(19-9-11-20(27)12-10-19)37-26(21)29-24(18)31(38(3,33)34)15-8-16-39(35,36)30-13-6-5-7-14-30/h9-12,17H,4-8,13-16H2,1-3H3,(H,28,32). The first-order valence-electron chi connectivity index (χ1n) is 12.9. The van der Waals surface area contributed by atoms with Gasteiger partial charge >= 0.3 is 0 Å². The van der Waals surface area contributed by atoms with Crippen molar-refractivity contribution in [3.05, 3.63) is 47.3 Å². The van der Waals surface area contributed by atoms with Crippen LogP contribution in [0.4, 0.5) is 10.2 Å². The van der Waals surface area contributed by atoms with Gasteiger partial charge in [-0.3, -0.25) is 9.10 Å². The second kappa shape index (κ2) is 11.6. The number of carbonyl (C=O) groups is 1. The molecule has 1 N–H and O–H groups in total. The van der Waals surface area contributed by atoms with Gasteiger partial charge in [-0.25, -0.2) is 25.5 Å². The number of furan rings is 1. The molecule has 4 rings (SSSR count). The monoisotopic (exact) mass is 580 g/mol. The summed E-state index contributed by atoms with van der Waals surface area (Å²) in [6.07, 6.45) is 4.15. The summed E-state index contributed by atoms with van der Waals surface area (Å²) >= 11 is 0. The van der Waals surface area contributed by atoms with Gasteiger partial charge in [0.05, 0.1) is 23.0 Å². The maximum absolute atomic E-state index is 13.5. The Kier molecular flexibility index (Phi) is 8.62. The van der Waals surface area contributed by atoms with Crippen LogP contribution in [0.2, 0.25) is 0 Å². The number of sulfonamides is 2. The van der Waals surface area contributed by atoms with Crippen LogP contribution in [0, 0.1) is 5.82 Å². The number of aromatic nitrogens is 1. The summed E-state index contributed by atoms with van der Waals surface area (Å²) in [6.45, 7) is 2.71. The molecule has 0 unspecified atom stereocenters. The molecule has 0 saturated carbocycles. The molecule has 13 heteroatoms. The molecule has 0 spiro atoms. The number of carbonyl (C=O) groups excluding carboxylic acids is 1. The van der Waals surface area contributed by atoms with Gasteiger partial charge in [-0.1, -0.05) is 13.3 Å². The zero-order valence-corrected chi connectivity index (χ0v) is 23.9.